The molecular formula is C15H20FN5. The summed E-state index contributed by atoms with van der Waals surface area (Å²) in [6, 6.07) is 4.41. The Bertz CT molecular complexity index is 596. The Morgan fingerprint density at radius 3 is 2.71 bits per heavy atom. The topological polar surface area (TPSA) is 69.6 Å². The van der Waals surface area contributed by atoms with Gasteiger partial charge >= 0.3 is 0 Å². The standard InChI is InChI=1S/C15H20FN5/c1-10-2-4-11(5-3-10)9-21-15(18-19-20-21)12-6-13(16)8-14(17)7-12/h6-8,10-11H,2-5,9,17H2,1H3. The largest absolute Gasteiger partial charge is 0.399 e. The van der Waals surface area contributed by atoms with Crippen LogP contribution in [0.1, 0.15) is 32.6 Å². The van der Waals surface area contributed by atoms with E-state index in [4.69, 9.17) is 5.73 Å². The Morgan fingerprint density at radius 1 is 1.24 bits per heavy atom. The van der Waals surface area contributed by atoms with E-state index in [0.717, 1.165) is 12.5 Å². The summed E-state index contributed by atoms with van der Waals surface area (Å²) in [6.07, 6.45) is 4.92. The molecule has 1 aliphatic carbocycles. The van der Waals surface area contributed by atoms with Crippen molar-refractivity contribution >= 4 is 5.69 Å². The monoisotopic (exact) mass is 289 g/mol. The van der Waals surface area contributed by atoms with Gasteiger partial charge in [-0.2, -0.15) is 0 Å². The van der Waals surface area contributed by atoms with Crippen molar-refractivity contribution in [2.45, 2.75) is 39.2 Å². The van der Waals surface area contributed by atoms with E-state index in [1.807, 2.05) is 0 Å². The minimum absolute atomic E-state index is 0.369. The fourth-order valence-corrected chi connectivity index (χ4v) is 3.03. The lowest BCUT2D eigenvalue weighted by Crippen LogP contribution is -2.19. The number of benzene rings is 1. The molecule has 1 aromatic carbocycles. The van der Waals surface area contributed by atoms with Gasteiger partial charge < -0.3 is 5.73 Å². The van der Waals surface area contributed by atoms with Gasteiger partial charge in [-0.1, -0.05) is 19.8 Å². The van der Waals surface area contributed by atoms with E-state index in [2.05, 4.69) is 22.4 Å². The Balaban J connectivity index is 1.80. The van der Waals surface area contributed by atoms with Crippen LogP contribution in [-0.4, -0.2) is 20.2 Å². The number of halogens is 1. The molecule has 0 bridgehead atoms. The number of nitrogens with zero attached hydrogens (tertiary/aromatic N) is 4. The molecule has 5 nitrogen and oxygen atoms in total. The maximum Gasteiger partial charge on any atom is 0.182 e. The Hall–Kier alpha value is -1.98. The molecule has 1 saturated carbocycles. The molecule has 1 aromatic heterocycles. The minimum atomic E-state index is -0.369. The van der Waals surface area contributed by atoms with Crippen LogP contribution in [0.25, 0.3) is 11.4 Å². The van der Waals surface area contributed by atoms with Gasteiger partial charge in [0.05, 0.1) is 0 Å². The van der Waals surface area contributed by atoms with E-state index in [0.29, 0.717) is 23.0 Å². The highest BCUT2D eigenvalue weighted by Gasteiger charge is 2.21. The van der Waals surface area contributed by atoms with Crippen molar-refractivity contribution in [1.29, 1.82) is 0 Å². The number of nitrogens with two attached hydrogens (primary N) is 1. The van der Waals surface area contributed by atoms with Crippen LogP contribution in [0.15, 0.2) is 18.2 Å². The molecule has 2 aromatic rings. The maximum absolute atomic E-state index is 13.5. The molecule has 3 rings (SSSR count). The highest BCUT2D eigenvalue weighted by molar-refractivity contribution is 5.61. The van der Waals surface area contributed by atoms with Crippen molar-refractivity contribution in [3.05, 3.63) is 24.0 Å². The molecule has 1 fully saturated rings. The first-order valence-electron chi connectivity index (χ1n) is 7.44. The molecule has 0 unspecified atom stereocenters. The van der Waals surface area contributed by atoms with E-state index in [1.54, 1.807) is 10.7 Å². The van der Waals surface area contributed by atoms with E-state index < -0.39 is 0 Å². The quantitative estimate of drug-likeness (QED) is 0.882. The number of tetrazole rings is 1. The average molecular weight is 289 g/mol. The molecule has 1 heterocycles. The predicted octanol–water partition coefficient (Wildman–Crippen LogP) is 2.89. The molecule has 6 heteroatoms. The van der Waals surface area contributed by atoms with E-state index in [-0.39, 0.29) is 5.82 Å². The van der Waals surface area contributed by atoms with E-state index >= 15 is 0 Å². The molecule has 2 N–H and O–H groups in total. The molecule has 0 aliphatic heterocycles. The number of aromatic nitrogens is 4. The van der Waals surface area contributed by atoms with Gasteiger partial charge in [-0.05, 0) is 53.3 Å². The number of hydrogen-bond acceptors (Lipinski definition) is 4. The van der Waals surface area contributed by atoms with Gasteiger partial charge in [0.15, 0.2) is 5.82 Å². The number of anilines is 1. The highest BCUT2D eigenvalue weighted by atomic mass is 19.1. The van der Waals surface area contributed by atoms with Crippen LogP contribution >= 0.6 is 0 Å². The first kappa shape index (κ1) is 14.0. The number of nitrogen functional groups attached to an aromatic ring is 1. The number of rotatable bonds is 3. The van der Waals surface area contributed by atoms with Crippen LogP contribution in [0.3, 0.4) is 0 Å². The zero-order chi connectivity index (χ0) is 14.8. The summed E-state index contributed by atoms with van der Waals surface area (Å²) in [4.78, 5) is 0. The van der Waals surface area contributed by atoms with Gasteiger partial charge in [0.2, 0.25) is 0 Å². The second-order valence-corrected chi connectivity index (χ2v) is 6.08. The summed E-state index contributed by atoms with van der Waals surface area (Å²) in [5.74, 6) is 1.62. The molecule has 21 heavy (non-hydrogen) atoms. The lowest BCUT2D eigenvalue weighted by atomic mass is 9.83. The van der Waals surface area contributed by atoms with Crippen molar-refractivity contribution in [2.24, 2.45) is 11.8 Å². The molecule has 0 saturated heterocycles. The van der Waals surface area contributed by atoms with E-state index in [9.17, 15) is 4.39 Å². The first-order chi connectivity index (χ1) is 10.1. The zero-order valence-corrected chi connectivity index (χ0v) is 12.2. The summed E-state index contributed by atoms with van der Waals surface area (Å²) in [5, 5.41) is 11.8. The van der Waals surface area contributed by atoms with Gasteiger partial charge in [0.25, 0.3) is 0 Å². The van der Waals surface area contributed by atoms with Crippen molar-refractivity contribution < 1.29 is 4.39 Å². The highest BCUT2D eigenvalue weighted by Crippen LogP contribution is 2.30. The molecule has 0 amide bonds. The first-order valence-corrected chi connectivity index (χ1v) is 7.44. The summed E-state index contributed by atoms with van der Waals surface area (Å²) >= 11 is 0. The second kappa shape index (κ2) is 5.79. The molecular weight excluding hydrogens is 269 g/mol. The van der Waals surface area contributed by atoms with E-state index in [1.165, 1.54) is 37.8 Å². The third-order valence-electron chi connectivity index (χ3n) is 4.28. The summed E-state index contributed by atoms with van der Waals surface area (Å²) in [5.41, 5.74) is 6.70. The minimum Gasteiger partial charge on any atom is -0.399 e. The van der Waals surface area contributed by atoms with Crippen LogP contribution in [0.4, 0.5) is 10.1 Å². The predicted molar refractivity (Wildman–Crippen MR) is 78.7 cm³/mol. The maximum atomic E-state index is 13.5. The van der Waals surface area contributed by atoms with Crippen LogP contribution in [0.2, 0.25) is 0 Å². The number of hydrogen-bond donors (Lipinski definition) is 1. The lowest BCUT2D eigenvalue weighted by molar-refractivity contribution is 0.257. The fourth-order valence-electron chi connectivity index (χ4n) is 3.03. The lowest BCUT2D eigenvalue weighted by Gasteiger charge is -2.26. The van der Waals surface area contributed by atoms with Crippen LogP contribution in [0, 0.1) is 17.7 Å². The second-order valence-electron chi connectivity index (χ2n) is 6.08. The molecule has 0 atom stereocenters. The smallest absolute Gasteiger partial charge is 0.182 e. The molecule has 0 radical (unpaired) electrons. The summed E-state index contributed by atoms with van der Waals surface area (Å²) in [7, 11) is 0. The van der Waals surface area contributed by atoms with Crippen LogP contribution in [0.5, 0.6) is 0 Å². The van der Waals surface area contributed by atoms with Crippen molar-refractivity contribution in [1.82, 2.24) is 20.2 Å². The summed E-state index contributed by atoms with van der Waals surface area (Å²) < 4.78 is 15.3. The molecule has 0 spiro atoms. The normalized spacial score (nSPS) is 22.4. The van der Waals surface area contributed by atoms with Crippen molar-refractivity contribution in [3.63, 3.8) is 0 Å². The van der Waals surface area contributed by atoms with Crippen molar-refractivity contribution in [3.8, 4) is 11.4 Å². The zero-order valence-electron chi connectivity index (χ0n) is 12.2. The van der Waals surface area contributed by atoms with Crippen molar-refractivity contribution in [2.75, 3.05) is 5.73 Å². The van der Waals surface area contributed by atoms with Crippen LogP contribution < -0.4 is 5.73 Å². The van der Waals surface area contributed by atoms with Gasteiger partial charge in [-0.3, -0.25) is 0 Å². The molecule has 1 aliphatic rings. The molecule has 112 valence electrons. The fraction of sp³-hybridized carbons (Fsp3) is 0.533. The van der Waals surface area contributed by atoms with Gasteiger partial charge in [-0.25, -0.2) is 9.07 Å². The SMILES string of the molecule is CC1CCC(Cn2nnnc2-c2cc(N)cc(F)c2)CC1. The third kappa shape index (κ3) is 3.20. The van der Waals surface area contributed by atoms with Gasteiger partial charge in [0.1, 0.15) is 5.82 Å². The van der Waals surface area contributed by atoms with Crippen LogP contribution in [-0.2, 0) is 6.54 Å². The third-order valence-corrected chi connectivity index (χ3v) is 4.28. The Labute approximate surface area is 123 Å². The Kier molecular flexibility index (Phi) is 3.86. The van der Waals surface area contributed by atoms with Gasteiger partial charge in [-0.15, -0.1) is 5.10 Å². The Morgan fingerprint density at radius 2 is 2.00 bits per heavy atom. The summed E-state index contributed by atoms with van der Waals surface area (Å²) in [6.45, 7) is 3.08. The average Bonchev–Trinajstić information content (AvgIpc) is 2.88. The van der Waals surface area contributed by atoms with Gasteiger partial charge in [0, 0.05) is 17.8 Å².